The lowest BCUT2D eigenvalue weighted by Crippen LogP contribution is -2.43. The van der Waals surface area contributed by atoms with E-state index in [0.717, 1.165) is 25.1 Å². The van der Waals surface area contributed by atoms with Crippen molar-refractivity contribution in [3.8, 4) is 0 Å². The normalized spacial score (nSPS) is 22.9. The second kappa shape index (κ2) is 6.85. The topological polar surface area (TPSA) is 76.4 Å². The minimum absolute atomic E-state index is 0.0919. The van der Waals surface area contributed by atoms with E-state index >= 15 is 0 Å². The van der Waals surface area contributed by atoms with Gasteiger partial charge in [0.05, 0.1) is 11.8 Å². The SMILES string of the molecule is CCO[C@@H]1CCCC[C@H]1NCc1cc(C(=O)O)nn1C. The number of nitrogens with zero attached hydrogens (tertiary/aromatic N) is 2. The zero-order valence-corrected chi connectivity index (χ0v) is 12.1. The molecule has 2 rings (SSSR count). The summed E-state index contributed by atoms with van der Waals surface area (Å²) < 4.78 is 7.40. The Morgan fingerprint density at radius 3 is 2.95 bits per heavy atom. The van der Waals surface area contributed by atoms with Crippen LogP contribution in [0.1, 0.15) is 48.8 Å². The number of aryl methyl sites for hydroxylation is 1. The van der Waals surface area contributed by atoms with Crippen LogP contribution in [0.3, 0.4) is 0 Å². The standard InChI is InChI=1S/C14H23N3O3/c1-3-20-13-7-5-4-6-11(13)15-9-10-8-12(14(18)19)16-17(10)2/h8,11,13,15H,3-7,9H2,1-2H3,(H,18,19)/t11-,13-/m1/s1. The number of rotatable bonds is 6. The highest BCUT2D eigenvalue weighted by Gasteiger charge is 2.25. The average molecular weight is 281 g/mol. The summed E-state index contributed by atoms with van der Waals surface area (Å²) in [5.41, 5.74) is 0.970. The summed E-state index contributed by atoms with van der Waals surface area (Å²) in [6.07, 6.45) is 4.90. The quantitative estimate of drug-likeness (QED) is 0.827. The number of carboxylic acid groups (broad SMARTS) is 1. The van der Waals surface area contributed by atoms with E-state index in [1.165, 1.54) is 12.8 Å². The van der Waals surface area contributed by atoms with Crippen LogP contribution in [0, 0.1) is 0 Å². The molecule has 0 unspecified atom stereocenters. The fraction of sp³-hybridized carbons (Fsp3) is 0.714. The van der Waals surface area contributed by atoms with E-state index in [2.05, 4.69) is 10.4 Å². The number of aromatic nitrogens is 2. The number of carboxylic acids is 1. The number of ether oxygens (including phenoxy) is 1. The van der Waals surface area contributed by atoms with Crippen molar-refractivity contribution in [3.05, 3.63) is 17.5 Å². The van der Waals surface area contributed by atoms with Crippen LogP contribution in [0.25, 0.3) is 0 Å². The van der Waals surface area contributed by atoms with Gasteiger partial charge in [-0.25, -0.2) is 4.79 Å². The maximum atomic E-state index is 10.9. The summed E-state index contributed by atoms with van der Waals surface area (Å²) in [6.45, 7) is 3.37. The molecule has 1 heterocycles. The van der Waals surface area contributed by atoms with E-state index in [0.29, 0.717) is 12.6 Å². The van der Waals surface area contributed by atoms with Gasteiger partial charge in [-0.05, 0) is 25.8 Å². The van der Waals surface area contributed by atoms with Gasteiger partial charge in [0, 0.05) is 26.2 Å². The smallest absolute Gasteiger partial charge is 0.356 e. The van der Waals surface area contributed by atoms with E-state index in [1.54, 1.807) is 17.8 Å². The molecule has 1 aromatic heterocycles. The monoisotopic (exact) mass is 281 g/mol. The zero-order chi connectivity index (χ0) is 14.5. The first kappa shape index (κ1) is 15.0. The van der Waals surface area contributed by atoms with E-state index in [4.69, 9.17) is 9.84 Å². The van der Waals surface area contributed by atoms with Gasteiger partial charge in [0.1, 0.15) is 0 Å². The highest BCUT2D eigenvalue weighted by Crippen LogP contribution is 2.21. The predicted octanol–water partition coefficient (Wildman–Crippen LogP) is 1.56. The molecule has 1 fully saturated rings. The van der Waals surface area contributed by atoms with Crippen molar-refractivity contribution in [2.75, 3.05) is 6.61 Å². The molecule has 6 heteroatoms. The van der Waals surface area contributed by atoms with Crippen LogP contribution in [0.4, 0.5) is 0 Å². The van der Waals surface area contributed by atoms with Gasteiger partial charge in [0.25, 0.3) is 0 Å². The fourth-order valence-electron chi connectivity index (χ4n) is 2.76. The van der Waals surface area contributed by atoms with E-state index < -0.39 is 5.97 Å². The molecule has 0 aliphatic heterocycles. The van der Waals surface area contributed by atoms with Crippen molar-refractivity contribution in [2.24, 2.45) is 7.05 Å². The van der Waals surface area contributed by atoms with Gasteiger partial charge >= 0.3 is 5.97 Å². The number of aromatic carboxylic acids is 1. The van der Waals surface area contributed by atoms with Crippen LogP contribution < -0.4 is 5.32 Å². The molecule has 6 nitrogen and oxygen atoms in total. The molecule has 1 aliphatic carbocycles. The van der Waals surface area contributed by atoms with Crippen molar-refractivity contribution in [2.45, 2.75) is 51.3 Å². The van der Waals surface area contributed by atoms with E-state index in [1.807, 2.05) is 6.92 Å². The summed E-state index contributed by atoms with van der Waals surface area (Å²) in [4.78, 5) is 10.9. The summed E-state index contributed by atoms with van der Waals surface area (Å²) in [5, 5.41) is 16.4. The van der Waals surface area contributed by atoms with Crippen LogP contribution in [-0.4, -0.2) is 39.6 Å². The van der Waals surface area contributed by atoms with Gasteiger partial charge in [0.2, 0.25) is 0 Å². The average Bonchev–Trinajstić information content (AvgIpc) is 2.80. The second-order valence-corrected chi connectivity index (χ2v) is 5.22. The van der Waals surface area contributed by atoms with Gasteiger partial charge < -0.3 is 15.2 Å². The summed E-state index contributed by atoms with van der Waals surface area (Å²) in [6, 6.07) is 1.96. The third kappa shape index (κ3) is 3.58. The van der Waals surface area contributed by atoms with Gasteiger partial charge in [-0.1, -0.05) is 12.8 Å². The van der Waals surface area contributed by atoms with Crippen molar-refractivity contribution in [3.63, 3.8) is 0 Å². The van der Waals surface area contributed by atoms with E-state index in [9.17, 15) is 4.79 Å². The van der Waals surface area contributed by atoms with E-state index in [-0.39, 0.29) is 11.8 Å². The molecule has 1 aromatic rings. The van der Waals surface area contributed by atoms with Crippen LogP contribution in [0.15, 0.2) is 6.07 Å². The second-order valence-electron chi connectivity index (χ2n) is 5.22. The van der Waals surface area contributed by atoms with Crippen LogP contribution in [-0.2, 0) is 18.3 Å². The van der Waals surface area contributed by atoms with Gasteiger partial charge in [0.15, 0.2) is 5.69 Å². The maximum absolute atomic E-state index is 10.9. The Hall–Kier alpha value is -1.40. The molecule has 0 spiro atoms. The van der Waals surface area contributed by atoms with Gasteiger partial charge in [-0.2, -0.15) is 5.10 Å². The Morgan fingerprint density at radius 1 is 1.55 bits per heavy atom. The van der Waals surface area contributed by atoms with Gasteiger partial charge in [-0.15, -0.1) is 0 Å². The molecule has 0 amide bonds. The van der Waals surface area contributed by atoms with Crippen LogP contribution >= 0.6 is 0 Å². The Labute approximate surface area is 119 Å². The molecule has 0 radical (unpaired) electrons. The molecule has 1 aliphatic rings. The first-order chi connectivity index (χ1) is 9.61. The molecule has 1 saturated carbocycles. The van der Waals surface area contributed by atoms with Crippen molar-refractivity contribution < 1.29 is 14.6 Å². The molecule has 20 heavy (non-hydrogen) atoms. The minimum Gasteiger partial charge on any atom is -0.476 e. The zero-order valence-electron chi connectivity index (χ0n) is 12.1. The molecule has 112 valence electrons. The lowest BCUT2D eigenvalue weighted by atomic mass is 9.92. The van der Waals surface area contributed by atoms with Crippen molar-refractivity contribution in [1.29, 1.82) is 0 Å². The van der Waals surface area contributed by atoms with Gasteiger partial charge in [-0.3, -0.25) is 4.68 Å². The molecule has 0 aromatic carbocycles. The number of hydrogen-bond donors (Lipinski definition) is 2. The first-order valence-corrected chi connectivity index (χ1v) is 7.23. The molecular weight excluding hydrogens is 258 g/mol. The summed E-state index contributed by atoms with van der Waals surface area (Å²) in [5.74, 6) is -0.989. The summed E-state index contributed by atoms with van der Waals surface area (Å²) >= 11 is 0. The predicted molar refractivity (Wildman–Crippen MR) is 74.7 cm³/mol. The summed E-state index contributed by atoms with van der Waals surface area (Å²) in [7, 11) is 1.77. The Balaban J connectivity index is 1.94. The van der Waals surface area contributed by atoms with Crippen LogP contribution in [0.5, 0.6) is 0 Å². The Morgan fingerprint density at radius 2 is 2.30 bits per heavy atom. The number of hydrogen-bond acceptors (Lipinski definition) is 4. The lowest BCUT2D eigenvalue weighted by molar-refractivity contribution is 0.0116. The third-order valence-corrected chi connectivity index (χ3v) is 3.82. The molecule has 0 bridgehead atoms. The fourth-order valence-corrected chi connectivity index (χ4v) is 2.76. The Bertz CT molecular complexity index is 457. The molecule has 2 atom stereocenters. The molecule has 0 saturated heterocycles. The number of carbonyl (C=O) groups is 1. The first-order valence-electron chi connectivity index (χ1n) is 7.23. The molecular formula is C14H23N3O3. The lowest BCUT2D eigenvalue weighted by Gasteiger charge is -2.32. The maximum Gasteiger partial charge on any atom is 0.356 e. The van der Waals surface area contributed by atoms with Crippen LogP contribution in [0.2, 0.25) is 0 Å². The molecule has 2 N–H and O–H groups in total. The highest BCUT2D eigenvalue weighted by molar-refractivity contribution is 5.85. The Kier molecular flexibility index (Phi) is 5.14. The minimum atomic E-state index is -0.989. The highest BCUT2D eigenvalue weighted by atomic mass is 16.5. The van der Waals surface area contributed by atoms with Crippen molar-refractivity contribution >= 4 is 5.97 Å². The number of nitrogens with one attached hydrogen (secondary N) is 1. The third-order valence-electron chi connectivity index (χ3n) is 3.82. The largest absolute Gasteiger partial charge is 0.476 e. The van der Waals surface area contributed by atoms with Crippen molar-refractivity contribution in [1.82, 2.24) is 15.1 Å².